The van der Waals surface area contributed by atoms with Crippen LogP contribution in [0.1, 0.15) is 57.4 Å². The Balaban J connectivity index is 3.30. The molecule has 2 atom stereocenters. The fourth-order valence-corrected chi connectivity index (χ4v) is 2.78. The van der Waals surface area contributed by atoms with Crippen molar-refractivity contribution in [3.05, 3.63) is 34.9 Å². The van der Waals surface area contributed by atoms with Crippen LogP contribution in [0.15, 0.2) is 18.2 Å². The number of aliphatic hydroxyl groups is 1. The zero-order chi connectivity index (χ0) is 23.9. The molecule has 3 amide bonds. The van der Waals surface area contributed by atoms with Gasteiger partial charge in [0.15, 0.2) is 0 Å². The highest BCUT2D eigenvalue weighted by Gasteiger charge is 2.36. The first-order valence-corrected chi connectivity index (χ1v) is 10.1. The molecule has 1 aromatic carbocycles. The molecule has 0 aliphatic carbocycles. The Labute approximate surface area is 184 Å². The molecule has 0 spiro atoms. The first-order valence-electron chi connectivity index (χ1n) is 10.1. The number of benzene rings is 1. The van der Waals surface area contributed by atoms with Gasteiger partial charge in [-0.2, -0.15) is 0 Å². The summed E-state index contributed by atoms with van der Waals surface area (Å²) in [4.78, 5) is 39.1. The lowest BCUT2D eigenvalue weighted by Crippen LogP contribution is -2.53. The lowest BCUT2D eigenvalue weighted by Gasteiger charge is -2.30. The highest BCUT2D eigenvalue weighted by atomic mass is 16.6. The van der Waals surface area contributed by atoms with E-state index < -0.39 is 42.2 Å². The molecule has 3 N–H and O–H groups in total. The Bertz CT molecular complexity index is 852. The topological polar surface area (TPSA) is 108 Å². The molecule has 8 nitrogen and oxygen atoms in total. The van der Waals surface area contributed by atoms with Crippen LogP contribution >= 0.6 is 0 Å². The Morgan fingerprint density at radius 1 is 1.16 bits per heavy atom. The van der Waals surface area contributed by atoms with Crippen LogP contribution in [0.25, 0.3) is 0 Å². The third-order valence-electron chi connectivity index (χ3n) is 4.33. The number of rotatable bonds is 7. The number of carbonyl (C=O) groups is 3. The molecule has 0 bridgehead atoms. The van der Waals surface area contributed by atoms with Crippen LogP contribution in [0.3, 0.4) is 0 Å². The van der Waals surface area contributed by atoms with Crippen molar-refractivity contribution in [2.45, 2.75) is 72.2 Å². The molecule has 0 saturated carbocycles. The predicted octanol–water partition coefficient (Wildman–Crippen LogP) is 2.17. The van der Waals surface area contributed by atoms with Gasteiger partial charge in [0, 0.05) is 12.1 Å². The lowest BCUT2D eigenvalue weighted by atomic mass is 9.98. The Kier molecular flexibility index (Phi) is 9.07. The molecule has 8 heteroatoms. The van der Waals surface area contributed by atoms with E-state index in [-0.39, 0.29) is 6.04 Å². The molecule has 2 unspecified atom stereocenters. The van der Waals surface area contributed by atoms with Crippen LogP contribution in [-0.2, 0) is 14.3 Å². The van der Waals surface area contributed by atoms with E-state index in [2.05, 4.69) is 16.7 Å². The molecule has 0 aliphatic heterocycles. The average molecular weight is 432 g/mol. The summed E-state index contributed by atoms with van der Waals surface area (Å²) < 4.78 is 5.14. The summed E-state index contributed by atoms with van der Waals surface area (Å²) in [6.45, 7) is 11.7. The fourth-order valence-electron chi connectivity index (χ4n) is 2.78. The van der Waals surface area contributed by atoms with E-state index in [1.54, 1.807) is 46.8 Å². The molecule has 0 aromatic heterocycles. The van der Waals surface area contributed by atoms with Gasteiger partial charge in [0.1, 0.15) is 17.7 Å². The van der Waals surface area contributed by atoms with Gasteiger partial charge in [0.2, 0.25) is 5.91 Å². The molecule has 0 heterocycles. The van der Waals surface area contributed by atoms with Crippen LogP contribution in [0.4, 0.5) is 4.79 Å². The zero-order valence-electron chi connectivity index (χ0n) is 19.3. The number of nitrogens with one attached hydrogen (secondary N) is 2. The van der Waals surface area contributed by atoms with Crippen molar-refractivity contribution in [2.24, 2.45) is 0 Å². The quantitative estimate of drug-likeness (QED) is 0.453. The Hall–Kier alpha value is -3.05. The standard InChI is InChI=1S/C23H33N3O5/c1-9-26(21(29)18(13-27)25-22(30)31-23(6,7)8)19(20(28)24-14(2)3)17-11-10-15(4)16(5)12-17/h1,10-12,14,18-19,27H,13H2,2-8H3,(H,24,28)(H,25,30). The van der Waals surface area contributed by atoms with Gasteiger partial charge >= 0.3 is 6.09 Å². The summed E-state index contributed by atoms with van der Waals surface area (Å²) >= 11 is 0. The van der Waals surface area contributed by atoms with Crippen molar-refractivity contribution in [1.29, 1.82) is 0 Å². The monoisotopic (exact) mass is 431 g/mol. The minimum atomic E-state index is -1.38. The van der Waals surface area contributed by atoms with Crippen LogP contribution in [0.5, 0.6) is 0 Å². The SMILES string of the molecule is C#CN(C(=O)C(CO)NC(=O)OC(C)(C)C)C(C(=O)NC(C)C)c1ccc(C)c(C)c1. The molecule has 31 heavy (non-hydrogen) atoms. The van der Waals surface area contributed by atoms with Crippen molar-refractivity contribution in [3.8, 4) is 12.5 Å². The number of ether oxygens (including phenoxy) is 1. The summed E-state index contributed by atoms with van der Waals surface area (Å²) in [5.41, 5.74) is 1.67. The van der Waals surface area contributed by atoms with E-state index in [0.717, 1.165) is 16.0 Å². The second kappa shape index (κ2) is 10.8. The average Bonchev–Trinajstić information content (AvgIpc) is 2.63. The molecule has 1 aromatic rings. The van der Waals surface area contributed by atoms with Crippen molar-refractivity contribution >= 4 is 17.9 Å². The minimum absolute atomic E-state index is 0.190. The molecular formula is C23H33N3O5. The fraction of sp³-hybridized carbons (Fsp3) is 0.522. The summed E-state index contributed by atoms with van der Waals surface area (Å²) in [7, 11) is 0. The highest BCUT2D eigenvalue weighted by Crippen LogP contribution is 2.24. The third-order valence-corrected chi connectivity index (χ3v) is 4.33. The largest absolute Gasteiger partial charge is 0.444 e. The number of hydrogen-bond acceptors (Lipinski definition) is 5. The van der Waals surface area contributed by atoms with Crippen molar-refractivity contribution in [2.75, 3.05) is 6.61 Å². The van der Waals surface area contributed by atoms with Gasteiger partial charge in [-0.25, -0.2) is 4.79 Å². The number of nitrogens with zero attached hydrogens (tertiary/aromatic N) is 1. The van der Waals surface area contributed by atoms with E-state index in [4.69, 9.17) is 11.2 Å². The zero-order valence-corrected chi connectivity index (χ0v) is 19.3. The second-order valence-electron chi connectivity index (χ2n) is 8.63. The molecule has 0 aliphatic rings. The van der Waals surface area contributed by atoms with E-state index in [9.17, 15) is 19.5 Å². The molecular weight excluding hydrogens is 398 g/mol. The second-order valence-corrected chi connectivity index (χ2v) is 8.63. The first kappa shape index (κ1) is 26.0. The van der Waals surface area contributed by atoms with Crippen LogP contribution in [0, 0.1) is 26.3 Å². The van der Waals surface area contributed by atoms with Crippen molar-refractivity contribution < 1.29 is 24.2 Å². The van der Waals surface area contributed by atoms with Crippen molar-refractivity contribution in [1.82, 2.24) is 15.5 Å². The summed E-state index contributed by atoms with van der Waals surface area (Å²) in [5.74, 6) is -1.28. The Morgan fingerprint density at radius 2 is 1.77 bits per heavy atom. The van der Waals surface area contributed by atoms with Crippen LogP contribution < -0.4 is 10.6 Å². The molecule has 0 fully saturated rings. The smallest absolute Gasteiger partial charge is 0.408 e. The molecule has 0 radical (unpaired) electrons. The summed E-state index contributed by atoms with van der Waals surface area (Å²) in [6.07, 6.45) is 4.74. The number of aliphatic hydroxyl groups excluding tert-OH is 1. The molecule has 1 rings (SSSR count). The van der Waals surface area contributed by atoms with Gasteiger partial charge < -0.3 is 20.5 Å². The van der Waals surface area contributed by atoms with Gasteiger partial charge in [-0.05, 0) is 65.2 Å². The maximum Gasteiger partial charge on any atom is 0.408 e. The predicted molar refractivity (Wildman–Crippen MR) is 118 cm³/mol. The van der Waals surface area contributed by atoms with E-state index in [0.29, 0.717) is 5.56 Å². The maximum absolute atomic E-state index is 13.1. The van der Waals surface area contributed by atoms with Crippen LogP contribution in [-0.4, -0.2) is 52.2 Å². The van der Waals surface area contributed by atoms with E-state index >= 15 is 0 Å². The van der Waals surface area contributed by atoms with E-state index in [1.807, 2.05) is 19.9 Å². The van der Waals surface area contributed by atoms with Gasteiger partial charge in [0.05, 0.1) is 6.61 Å². The third kappa shape index (κ3) is 7.61. The normalized spacial score (nSPS) is 13.0. The number of aryl methyl sites for hydroxylation is 2. The lowest BCUT2D eigenvalue weighted by molar-refractivity contribution is -0.139. The first-order chi connectivity index (χ1) is 14.3. The minimum Gasteiger partial charge on any atom is -0.444 e. The highest BCUT2D eigenvalue weighted by molar-refractivity contribution is 5.93. The summed E-state index contributed by atoms with van der Waals surface area (Å²) in [5, 5.41) is 14.8. The number of alkyl carbamates (subject to hydrolysis) is 1. The Morgan fingerprint density at radius 3 is 2.23 bits per heavy atom. The van der Waals surface area contributed by atoms with Crippen LogP contribution in [0.2, 0.25) is 0 Å². The summed E-state index contributed by atoms with van der Waals surface area (Å²) in [6, 6.07) is 4.87. The number of carbonyl (C=O) groups excluding carboxylic acids is 3. The number of amides is 3. The van der Waals surface area contributed by atoms with Gasteiger partial charge in [-0.1, -0.05) is 24.6 Å². The molecule has 170 valence electrons. The van der Waals surface area contributed by atoms with Gasteiger partial charge in [-0.15, -0.1) is 0 Å². The maximum atomic E-state index is 13.1. The molecule has 0 saturated heterocycles. The van der Waals surface area contributed by atoms with Crippen molar-refractivity contribution in [3.63, 3.8) is 0 Å². The number of terminal acetylenes is 1. The van der Waals surface area contributed by atoms with Gasteiger partial charge in [-0.3, -0.25) is 14.5 Å². The van der Waals surface area contributed by atoms with E-state index in [1.165, 1.54) is 0 Å². The van der Waals surface area contributed by atoms with Gasteiger partial charge in [0.25, 0.3) is 5.91 Å². The number of hydrogen-bond donors (Lipinski definition) is 3.